The van der Waals surface area contributed by atoms with E-state index < -0.39 is 0 Å². The van der Waals surface area contributed by atoms with E-state index in [0.717, 1.165) is 5.92 Å². The molecule has 134 valence electrons. The summed E-state index contributed by atoms with van der Waals surface area (Å²) in [7, 11) is 0. The van der Waals surface area contributed by atoms with E-state index in [0.29, 0.717) is 28.6 Å². The zero-order valence-corrected chi connectivity index (χ0v) is 15.9. The van der Waals surface area contributed by atoms with E-state index in [1.54, 1.807) is 0 Å². The first-order valence-corrected chi connectivity index (χ1v) is 10.2. The lowest BCUT2D eigenvalue weighted by molar-refractivity contribution is -0.154. The lowest BCUT2D eigenvalue weighted by Gasteiger charge is -2.67. The van der Waals surface area contributed by atoms with Crippen LogP contribution in [0.5, 0.6) is 0 Å². The SMILES string of the molecule is C=CC(=O)NC1(C2CCC(C)(C)CC2)C2CC3CC1CC(C)(C3)C2. The molecule has 5 rings (SSSR count). The topological polar surface area (TPSA) is 29.1 Å². The fraction of sp³-hybridized carbons (Fsp3) is 0.864. The molecule has 5 aliphatic carbocycles. The molecule has 0 aromatic rings. The molecule has 24 heavy (non-hydrogen) atoms. The maximum absolute atomic E-state index is 12.4. The number of amides is 1. The molecule has 0 aromatic carbocycles. The second-order valence-electron chi connectivity index (χ2n) is 10.7. The average molecular weight is 330 g/mol. The Balaban J connectivity index is 1.67. The van der Waals surface area contributed by atoms with Crippen LogP contribution in [-0.2, 0) is 4.79 Å². The predicted octanol–water partition coefficient (Wildman–Crippen LogP) is 5.09. The van der Waals surface area contributed by atoms with Crippen LogP contribution in [0, 0.1) is 34.5 Å². The van der Waals surface area contributed by atoms with Gasteiger partial charge in [0.1, 0.15) is 0 Å². The Labute approximate surface area is 147 Å². The molecular weight excluding hydrogens is 294 g/mol. The van der Waals surface area contributed by atoms with Crippen molar-refractivity contribution in [2.75, 3.05) is 0 Å². The van der Waals surface area contributed by atoms with Gasteiger partial charge in [-0.3, -0.25) is 4.79 Å². The van der Waals surface area contributed by atoms with Gasteiger partial charge >= 0.3 is 0 Å². The zero-order valence-electron chi connectivity index (χ0n) is 15.9. The summed E-state index contributed by atoms with van der Waals surface area (Å²) in [6.45, 7) is 11.1. The first kappa shape index (κ1) is 16.7. The minimum absolute atomic E-state index is 0.0671. The third kappa shape index (κ3) is 2.47. The largest absolute Gasteiger partial charge is 0.346 e. The highest BCUT2D eigenvalue weighted by atomic mass is 16.1. The Morgan fingerprint density at radius 1 is 1.00 bits per heavy atom. The molecule has 0 saturated heterocycles. The van der Waals surface area contributed by atoms with Crippen LogP contribution in [0.25, 0.3) is 0 Å². The van der Waals surface area contributed by atoms with Gasteiger partial charge in [0, 0.05) is 5.54 Å². The molecule has 2 heteroatoms. The minimum atomic E-state index is 0.0671. The smallest absolute Gasteiger partial charge is 0.243 e. The van der Waals surface area contributed by atoms with E-state index in [9.17, 15) is 4.79 Å². The van der Waals surface area contributed by atoms with Crippen molar-refractivity contribution in [2.24, 2.45) is 34.5 Å². The van der Waals surface area contributed by atoms with Crippen LogP contribution in [0.1, 0.15) is 78.6 Å². The van der Waals surface area contributed by atoms with Gasteiger partial charge in [-0.25, -0.2) is 0 Å². The molecular formula is C22H35NO. The van der Waals surface area contributed by atoms with Crippen molar-refractivity contribution in [3.63, 3.8) is 0 Å². The van der Waals surface area contributed by atoms with Crippen molar-refractivity contribution in [3.05, 3.63) is 12.7 Å². The van der Waals surface area contributed by atoms with Gasteiger partial charge in [-0.15, -0.1) is 0 Å². The number of hydrogen-bond acceptors (Lipinski definition) is 1. The molecule has 5 saturated carbocycles. The van der Waals surface area contributed by atoms with Gasteiger partial charge in [0.2, 0.25) is 5.91 Å². The molecule has 0 aromatic heterocycles. The van der Waals surface area contributed by atoms with Crippen LogP contribution in [0.2, 0.25) is 0 Å². The van der Waals surface area contributed by atoms with Crippen LogP contribution in [0.3, 0.4) is 0 Å². The maximum atomic E-state index is 12.4. The Morgan fingerprint density at radius 2 is 1.58 bits per heavy atom. The van der Waals surface area contributed by atoms with Crippen LogP contribution < -0.4 is 5.32 Å². The summed E-state index contributed by atoms with van der Waals surface area (Å²) in [5, 5.41) is 3.58. The van der Waals surface area contributed by atoms with E-state index in [-0.39, 0.29) is 11.4 Å². The number of hydrogen-bond donors (Lipinski definition) is 1. The van der Waals surface area contributed by atoms with Gasteiger partial charge in [-0.2, -0.15) is 0 Å². The van der Waals surface area contributed by atoms with Crippen LogP contribution >= 0.6 is 0 Å². The zero-order chi connectivity index (χ0) is 17.2. The van der Waals surface area contributed by atoms with Crippen molar-refractivity contribution in [2.45, 2.75) is 84.1 Å². The Kier molecular flexibility index (Phi) is 3.72. The highest BCUT2D eigenvalue weighted by Crippen LogP contribution is 2.66. The van der Waals surface area contributed by atoms with Crippen molar-refractivity contribution in [1.29, 1.82) is 0 Å². The molecule has 0 spiro atoms. The normalized spacial score (nSPS) is 46.7. The molecule has 0 aliphatic heterocycles. The van der Waals surface area contributed by atoms with Gasteiger partial charge < -0.3 is 5.32 Å². The summed E-state index contributed by atoms with van der Waals surface area (Å²) in [6.07, 6.45) is 13.5. The van der Waals surface area contributed by atoms with Crippen LogP contribution in [-0.4, -0.2) is 11.4 Å². The summed E-state index contributed by atoms with van der Waals surface area (Å²) in [6, 6.07) is 0. The van der Waals surface area contributed by atoms with Gasteiger partial charge in [0.15, 0.2) is 0 Å². The Morgan fingerprint density at radius 3 is 2.08 bits per heavy atom. The molecule has 1 amide bonds. The fourth-order valence-electron chi connectivity index (χ4n) is 7.55. The molecule has 0 radical (unpaired) electrons. The number of carbonyl (C=O) groups is 1. The van der Waals surface area contributed by atoms with Crippen LogP contribution in [0.4, 0.5) is 0 Å². The summed E-state index contributed by atoms with van der Waals surface area (Å²) < 4.78 is 0. The highest BCUT2D eigenvalue weighted by Gasteiger charge is 2.63. The monoisotopic (exact) mass is 329 g/mol. The highest BCUT2D eigenvalue weighted by molar-refractivity contribution is 5.87. The molecule has 4 bridgehead atoms. The van der Waals surface area contributed by atoms with Crippen molar-refractivity contribution < 1.29 is 4.79 Å². The predicted molar refractivity (Wildman–Crippen MR) is 98.5 cm³/mol. The van der Waals surface area contributed by atoms with E-state index in [4.69, 9.17) is 0 Å². The molecule has 0 heterocycles. The standard InChI is InChI=1S/C22H35NO/c1-5-19(24)23-22(16-6-8-20(2,3)9-7-16)17-10-15-11-18(22)14-21(4,12-15)13-17/h5,15-18H,1,6-14H2,2-4H3,(H,23,24). The Hall–Kier alpha value is -0.790. The molecule has 5 aliphatic rings. The third-order valence-corrected chi connectivity index (χ3v) is 8.39. The molecule has 5 fully saturated rings. The summed E-state index contributed by atoms with van der Waals surface area (Å²) >= 11 is 0. The fourth-order valence-corrected chi connectivity index (χ4v) is 7.55. The van der Waals surface area contributed by atoms with Gasteiger partial charge in [-0.1, -0.05) is 27.4 Å². The van der Waals surface area contributed by atoms with Crippen molar-refractivity contribution >= 4 is 5.91 Å². The van der Waals surface area contributed by atoms with Gasteiger partial charge in [0.05, 0.1) is 0 Å². The quantitative estimate of drug-likeness (QED) is 0.718. The molecule has 2 atom stereocenters. The van der Waals surface area contributed by atoms with E-state index in [2.05, 4.69) is 32.7 Å². The number of rotatable bonds is 3. The number of nitrogens with one attached hydrogen (secondary N) is 1. The molecule has 2 unspecified atom stereocenters. The van der Waals surface area contributed by atoms with E-state index in [1.807, 2.05) is 0 Å². The summed E-state index contributed by atoms with van der Waals surface area (Å²) in [5.74, 6) is 3.06. The summed E-state index contributed by atoms with van der Waals surface area (Å²) in [5.41, 5.74) is 1.10. The first-order valence-electron chi connectivity index (χ1n) is 10.2. The van der Waals surface area contributed by atoms with Crippen molar-refractivity contribution in [1.82, 2.24) is 5.32 Å². The van der Waals surface area contributed by atoms with E-state index in [1.165, 1.54) is 63.9 Å². The lowest BCUT2D eigenvalue weighted by Crippen LogP contribution is -2.71. The average Bonchev–Trinajstić information content (AvgIpc) is 2.49. The third-order valence-electron chi connectivity index (χ3n) is 8.39. The van der Waals surface area contributed by atoms with Crippen molar-refractivity contribution in [3.8, 4) is 0 Å². The second kappa shape index (κ2) is 5.35. The maximum Gasteiger partial charge on any atom is 0.243 e. The van der Waals surface area contributed by atoms with E-state index >= 15 is 0 Å². The first-order chi connectivity index (χ1) is 11.3. The molecule has 1 N–H and O–H groups in total. The van der Waals surface area contributed by atoms with Crippen LogP contribution in [0.15, 0.2) is 12.7 Å². The number of carbonyl (C=O) groups excluding carboxylic acids is 1. The summed E-state index contributed by atoms with van der Waals surface area (Å²) in [4.78, 5) is 12.4. The second-order valence-corrected chi connectivity index (χ2v) is 10.7. The lowest BCUT2D eigenvalue weighted by atomic mass is 9.41. The van der Waals surface area contributed by atoms with Gasteiger partial charge in [0.25, 0.3) is 0 Å². The molecule has 2 nitrogen and oxygen atoms in total. The Bertz CT molecular complexity index is 522. The minimum Gasteiger partial charge on any atom is -0.346 e. The van der Waals surface area contributed by atoms with Gasteiger partial charge in [-0.05, 0) is 98.4 Å².